The number of anilines is 3. The fraction of sp³-hybridized carbons (Fsp3) is 0.0127. The van der Waals surface area contributed by atoms with E-state index in [0.29, 0.717) is 0 Å². The third-order valence-corrected chi connectivity index (χ3v) is 17.6. The number of furan rings is 1. The second-order valence-electron chi connectivity index (χ2n) is 21.9. The Morgan fingerprint density at radius 2 is 0.756 bits per heavy atom. The first-order valence-corrected chi connectivity index (χ1v) is 28.3. The monoisotopic (exact) mass is 1040 g/mol. The molecule has 0 fully saturated rings. The summed E-state index contributed by atoms with van der Waals surface area (Å²) in [5, 5.41) is 4.57. The highest BCUT2D eigenvalue weighted by atomic mass is 16.3. The van der Waals surface area contributed by atoms with E-state index in [1.165, 1.54) is 94.1 Å². The van der Waals surface area contributed by atoms with Crippen molar-refractivity contribution in [2.24, 2.45) is 0 Å². The fourth-order valence-corrected chi connectivity index (χ4v) is 14.0. The molecule has 3 nitrogen and oxygen atoms in total. The third kappa shape index (κ3) is 6.90. The summed E-state index contributed by atoms with van der Waals surface area (Å²) < 4.78 is 9.28. The third-order valence-electron chi connectivity index (χ3n) is 17.6. The number of para-hydroxylation sites is 2. The zero-order valence-corrected chi connectivity index (χ0v) is 44.7. The van der Waals surface area contributed by atoms with Crippen LogP contribution >= 0.6 is 0 Å². The number of benzene rings is 13. The van der Waals surface area contributed by atoms with Gasteiger partial charge < -0.3 is 13.9 Å². The molecule has 1 spiro atoms. The topological polar surface area (TPSA) is 21.3 Å². The number of nitrogens with zero attached hydrogens (tertiary/aromatic N) is 2. The Balaban J connectivity index is 0.894. The summed E-state index contributed by atoms with van der Waals surface area (Å²) in [6, 6.07) is 112. The fourth-order valence-electron chi connectivity index (χ4n) is 14.0. The van der Waals surface area contributed by atoms with E-state index in [0.717, 1.165) is 61.4 Å². The lowest BCUT2D eigenvalue weighted by molar-refractivity contribution is 0.669. The van der Waals surface area contributed by atoms with E-state index in [2.05, 4.69) is 313 Å². The number of rotatable bonds is 8. The van der Waals surface area contributed by atoms with Gasteiger partial charge in [-0.2, -0.15) is 0 Å². The maximum absolute atomic E-state index is 6.90. The van der Waals surface area contributed by atoms with Gasteiger partial charge in [0.2, 0.25) is 0 Å². The molecule has 0 amide bonds. The van der Waals surface area contributed by atoms with E-state index in [1.807, 2.05) is 0 Å². The summed E-state index contributed by atoms with van der Waals surface area (Å²) in [6.07, 6.45) is 0. The van der Waals surface area contributed by atoms with Crippen LogP contribution in [-0.4, -0.2) is 4.57 Å². The average Bonchev–Trinajstić information content (AvgIpc) is 1.90. The van der Waals surface area contributed by atoms with Gasteiger partial charge >= 0.3 is 0 Å². The predicted molar refractivity (Wildman–Crippen MR) is 341 cm³/mol. The zero-order chi connectivity index (χ0) is 53.9. The highest BCUT2D eigenvalue weighted by Gasteiger charge is 2.52. The van der Waals surface area contributed by atoms with Gasteiger partial charge in [0.1, 0.15) is 11.2 Å². The quantitative estimate of drug-likeness (QED) is 0.151. The summed E-state index contributed by atoms with van der Waals surface area (Å²) in [6.45, 7) is 0. The Kier molecular flexibility index (Phi) is 10.2. The van der Waals surface area contributed by atoms with Gasteiger partial charge in [0.05, 0.1) is 27.5 Å². The summed E-state index contributed by atoms with van der Waals surface area (Å²) in [5.41, 5.74) is 27.3. The van der Waals surface area contributed by atoms with Crippen molar-refractivity contribution in [3.05, 3.63) is 326 Å². The van der Waals surface area contributed by atoms with E-state index in [-0.39, 0.29) is 0 Å². The Labute approximate surface area is 475 Å². The molecular weight excluding hydrogens is 993 g/mol. The lowest BCUT2D eigenvalue weighted by Crippen LogP contribution is -2.26. The van der Waals surface area contributed by atoms with Crippen molar-refractivity contribution in [1.29, 1.82) is 0 Å². The van der Waals surface area contributed by atoms with Crippen LogP contribution in [0, 0.1) is 0 Å². The number of aromatic nitrogens is 1. The lowest BCUT2D eigenvalue weighted by Gasteiger charge is -2.33. The molecule has 3 heteroatoms. The van der Waals surface area contributed by atoms with Gasteiger partial charge in [-0.15, -0.1) is 0 Å². The second kappa shape index (κ2) is 18.2. The van der Waals surface area contributed by atoms with Gasteiger partial charge in [-0.25, -0.2) is 0 Å². The molecule has 2 aliphatic carbocycles. The van der Waals surface area contributed by atoms with Crippen molar-refractivity contribution in [3.63, 3.8) is 0 Å². The van der Waals surface area contributed by atoms with Crippen LogP contribution in [0.3, 0.4) is 0 Å². The van der Waals surface area contributed by atoms with Crippen LogP contribution in [0.15, 0.2) is 308 Å². The second-order valence-corrected chi connectivity index (χ2v) is 21.9. The maximum Gasteiger partial charge on any atom is 0.137 e. The molecule has 15 aromatic rings. The highest BCUT2D eigenvalue weighted by molar-refractivity contribution is 6.15. The molecule has 0 radical (unpaired) electrons. The molecule has 2 aliphatic rings. The van der Waals surface area contributed by atoms with Crippen LogP contribution in [0.4, 0.5) is 17.1 Å². The minimum Gasteiger partial charge on any atom is -0.456 e. The van der Waals surface area contributed by atoms with Crippen molar-refractivity contribution in [1.82, 2.24) is 4.57 Å². The van der Waals surface area contributed by atoms with Crippen LogP contribution in [0.25, 0.3) is 116 Å². The van der Waals surface area contributed by atoms with Gasteiger partial charge in [0.15, 0.2) is 0 Å². The van der Waals surface area contributed by atoms with Gasteiger partial charge in [0.25, 0.3) is 0 Å². The van der Waals surface area contributed by atoms with Crippen molar-refractivity contribution in [2.45, 2.75) is 5.41 Å². The Morgan fingerprint density at radius 1 is 0.280 bits per heavy atom. The molecule has 0 aliphatic heterocycles. The van der Waals surface area contributed by atoms with Crippen LogP contribution in [0.5, 0.6) is 0 Å². The summed E-state index contributed by atoms with van der Waals surface area (Å²) >= 11 is 0. The van der Waals surface area contributed by atoms with Gasteiger partial charge in [-0.1, -0.05) is 212 Å². The molecule has 2 aromatic heterocycles. The van der Waals surface area contributed by atoms with Gasteiger partial charge in [-0.05, 0) is 180 Å². The molecule has 0 saturated heterocycles. The van der Waals surface area contributed by atoms with Crippen LogP contribution < -0.4 is 4.90 Å². The largest absolute Gasteiger partial charge is 0.456 e. The molecule has 0 saturated carbocycles. The van der Waals surface area contributed by atoms with E-state index in [4.69, 9.17) is 4.42 Å². The van der Waals surface area contributed by atoms with E-state index < -0.39 is 5.41 Å². The Morgan fingerprint density at radius 3 is 1.44 bits per heavy atom. The average molecular weight is 1040 g/mol. The normalized spacial score (nSPS) is 12.7. The first kappa shape index (κ1) is 46.2. The maximum atomic E-state index is 6.90. The summed E-state index contributed by atoms with van der Waals surface area (Å²) in [7, 11) is 0. The first-order valence-electron chi connectivity index (χ1n) is 28.3. The molecule has 382 valence electrons. The van der Waals surface area contributed by atoms with Crippen LogP contribution in [0.2, 0.25) is 0 Å². The molecule has 0 unspecified atom stereocenters. The van der Waals surface area contributed by atoms with Crippen molar-refractivity contribution in [3.8, 4) is 72.4 Å². The molecule has 0 atom stereocenters. The number of hydrogen-bond donors (Lipinski definition) is 0. The van der Waals surface area contributed by atoms with E-state index >= 15 is 0 Å². The van der Waals surface area contributed by atoms with E-state index in [9.17, 15) is 0 Å². The van der Waals surface area contributed by atoms with Crippen LogP contribution in [0.1, 0.15) is 22.3 Å². The molecule has 13 aromatic carbocycles. The predicted octanol–water partition coefficient (Wildman–Crippen LogP) is 21.2. The summed E-state index contributed by atoms with van der Waals surface area (Å²) in [5.74, 6) is 0. The Bertz CT molecular complexity index is 4930. The minimum absolute atomic E-state index is 0.636. The standard InChI is InChI=1S/C79H50N2O/c1-5-18-51(19-6-1)54-32-38-60(39-33-54)80(75-30-17-31-77-78(75)68-47-56(37-45-76(68)82-77)55-36-44-74-67(46-55)66-27-14-16-29-73(66)81(74)59-24-11-4-12-25-59)61-40-43-65-62-26-13-15-28-69(62)79(72(65)50-61)70-48-57(52-20-7-2-8-21-52)34-41-63(70)64-42-35-58(49-71(64)79)53-22-9-3-10-23-53/h1-50H. The van der Waals surface area contributed by atoms with Gasteiger partial charge in [-0.3, -0.25) is 0 Å². The van der Waals surface area contributed by atoms with Crippen molar-refractivity contribution < 1.29 is 4.42 Å². The number of hydrogen-bond acceptors (Lipinski definition) is 2. The zero-order valence-electron chi connectivity index (χ0n) is 44.7. The molecular formula is C79H50N2O. The smallest absolute Gasteiger partial charge is 0.137 e. The SMILES string of the molecule is c1ccc(-c2ccc(N(c3ccc4c(c3)C3(c5ccccc5-4)c4cc(-c5ccccc5)ccc4-c4ccc(-c5ccccc5)cc43)c3cccc4oc5ccc(-c6ccc7c(c6)c6ccccc6n7-c6ccccc6)cc5c34)cc2)cc1. The molecule has 0 bridgehead atoms. The van der Waals surface area contributed by atoms with Crippen molar-refractivity contribution >= 4 is 60.8 Å². The minimum atomic E-state index is -0.636. The molecule has 0 N–H and O–H groups in total. The van der Waals surface area contributed by atoms with Crippen molar-refractivity contribution in [2.75, 3.05) is 4.90 Å². The molecule has 17 rings (SSSR count). The van der Waals surface area contributed by atoms with Gasteiger partial charge in [0, 0.05) is 33.2 Å². The highest BCUT2D eigenvalue weighted by Crippen LogP contribution is 2.64. The summed E-state index contributed by atoms with van der Waals surface area (Å²) in [4.78, 5) is 2.47. The number of fused-ring (bicyclic) bond motifs is 16. The lowest BCUT2D eigenvalue weighted by atomic mass is 9.69. The first-order chi connectivity index (χ1) is 40.7. The van der Waals surface area contributed by atoms with E-state index in [1.54, 1.807) is 0 Å². The Hall–Kier alpha value is -10.7. The molecule has 82 heavy (non-hydrogen) atoms. The van der Waals surface area contributed by atoms with Crippen LogP contribution in [-0.2, 0) is 5.41 Å². The molecule has 2 heterocycles.